The van der Waals surface area contributed by atoms with Crippen LogP contribution >= 0.6 is 0 Å². The third kappa shape index (κ3) is 1.69. The zero-order valence-electron chi connectivity index (χ0n) is 9.10. The molecule has 3 nitrogen and oxygen atoms in total. The molecule has 1 aromatic heterocycles. The van der Waals surface area contributed by atoms with Crippen LogP contribution in [0.1, 0.15) is 12.8 Å². The first-order valence-electron chi connectivity index (χ1n) is 5.69. The van der Waals surface area contributed by atoms with E-state index in [1.54, 1.807) is 6.26 Å². The Labute approximate surface area is 94.7 Å². The van der Waals surface area contributed by atoms with Crippen molar-refractivity contribution in [3.63, 3.8) is 0 Å². The Balaban J connectivity index is 1.84. The summed E-state index contributed by atoms with van der Waals surface area (Å²) in [6.07, 6.45) is 4.22. The van der Waals surface area contributed by atoms with Gasteiger partial charge in [-0.25, -0.2) is 0 Å². The number of nitrogens with zero attached hydrogens (tertiary/aromatic N) is 2. The van der Waals surface area contributed by atoms with Crippen molar-refractivity contribution in [2.45, 2.75) is 12.8 Å². The lowest BCUT2D eigenvalue weighted by atomic mass is 10.1. The molecule has 0 N–H and O–H groups in total. The third-order valence-corrected chi connectivity index (χ3v) is 3.07. The van der Waals surface area contributed by atoms with Gasteiger partial charge in [0, 0.05) is 30.4 Å². The predicted molar refractivity (Wildman–Crippen MR) is 63.4 cm³/mol. The van der Waals surface area contributed by atoms with E-state index in [-0.39, 0.29) is 0 Å². The highest BCUT2D eigenvalue weighted by Gasteiger charge is 2.12. The van der Waals surface area contributed by atoms with Gasteiger partial charge in [-0.15, -0.1) is 0 Å². The van der Waals surface area contributed by atoms with E-state index >= 15 is 0 Å². The van der Waals surface area contributed by atoms with Crippen LogP contribution in [-0.4, -0.2) is 18.2 Å². The average Bonchev–Trinajstić information content (AvgIpc) is 3.03. The Bertz CT molecular complexity index is 441. The molecule has 1 fully saturated rings. The first-order chi connectivity index (χ1) is 7.93. The third-order valence-electron chi connectivity index (χ3n) is 3.07. The van der Waals surface area contributed by atoms with Crippen molar-refractivity contribution >= 4 is 5.69 Å². The number of aromatic nitrogens is 1. The van der Waals surface area contributed by atoms with E-state index in [1.807, 2.05) is 6.07 Å². The van der Waals surface area contributed by atoms with Crippen LogP contribution in [0.5, 0.6) is 0 Å². The van der Waals surface area contributed by atoms with Gasteiger partial charge in [0.2, 0.25) is 0 Å². The molecule has 0 amide bonds. The van der Waals surface area contributed by atoms with E-state index in [1.165, 1.54) is 31.6 Å². The van der Waals surface area contributed by atoms with E-state index in [0.717, 1.165) is 11.3 Å². The van der Waals surface area contributed by atoms with E-state index in [4.69, 9.17) is 4.52 Å². The smallest absolute Gasteiger partial charge is 0.124 e. The largest absolute Gasteiger partial charge is 0.372 e. The van der Waals surface area contributed by atoms with Crippen LogP contribution in [0.4, 0.5) is 5.69 Å². The zero-order valence-corrected chi connectivity index (χ0v) is 9.10. The highest BCUT2D eigenvalue weighted by Crippen LogP contribution is 2.24. The van der Waals surface area contributed by atoms with Gasteiger partial charge in [-0.05, 0) is 25.0 Å². The minimum absolute atomic E-state index is 0.896. The number of rotatable bonds is 2. The lowest BCUT2D eigenvalue weighted by Gasteiger charge is -2.17. The van der Waals surface area contributed by atoms with Gasteiger partial charge in [-0.2, -0.15) is 0 Å². The number of benzene rings is 1. The van der Waals surface area contributed by atoms with Crippen LogP contribution in [0.2, 0.25) is 0 Å². The normalized spacial score (nSPS) is 15.6. The summed E-state index contributed by atoms with van der Waals surface area (Å²) in [6, 6.07) is 10.4. The lowest BCUT2D eigenvalue weighted by molar-refractivity contribution is 0.422. The molecule has 1 saturated heterocycles. The summed E-state index contributed by atoms with van der Waals surface area (Å²) in [5.41, 5.74) is 3.31. The number of hydrogen-bond acceptors (Lipinski definition) is 3. The van der Waals surface area contributed by atoms with Gasteiger partial charge >= 0.3 is 0 Å². The van der Waals surface area contributed by atoms with Crippen LogP contribution in [0.15, 0.2) is 41.1 Å². The zero-order chi connectivity index (χ0) is 10.8. The van der Waals surface area contributed by atoms with Crippen molar-refractivity contribution < 1.29 is 4.52 Å². The van der Waals surface area contributed by atoms with Crippen molar-refractivity contribution in [3.05, 3.63) is 36.6 Å². The molecule has 3 rings (SSSR count). The van der Waals surface area contributed by atoms with E-state index < -0.39 is 0 Å². The Morgan fingerprint density at radius 2 is 1.75 bits per heavy atom. The Morgan fingerprint density at radius 3 is 2.38 bits per heavy atom. The summed E-state index contributed by atoms with van der Waals surface area (Å²) >= 11 is 0. The van der Waals surface area contributed by atoms with Crippen molar-refractivity contribution in [1.82, 2.24) is 5.16 Å². The number of anilines is 1. The predicted octanol–water partition coefficient (Wildman–Crippen LogP) is 2.94. The van der Waals surface area contributed by atoms with Crippen molar-refractivity contribution in [2.24, 2.45) is 0 Å². The van der Waals surface area contributed by atoms with Crippen LogP contribution in [0.25, 0.3) is 11.3 Å². The maximum Gasteiger partial charge on any atom is 0.124 e. The van der Waals surface area contributed by atoms with Crippen molar-refractivity contribution in [2.75, 3.05) is 18.0 Å². The van der Waals surface area contributed by atoms with E-state index in [0.29, 0.717) is 0 Å². The molecular formula is C13H14N2O. The van der Waals surface area contributed by atoms with Gasteiger partial charge in [0.05, 0.1) is 0 Å². The molecule has 16 heavy (non-hydrogen) atoms. The van der Waals surface area contributed by atoms with Crippen molar-refractivity contribution in [3.8, 4) is 11.3 Å². The average molecular weight is 214 g/mol. The summed E-state index contributed by atoms with van der Waals surface area (Å²) in [5.74, 6) is 0. The molecule has 0 unspecified atom stereocenters. The SMILES string of the molecule is c1cc(-c2ccc(N3CCCC3)cc2)no1. The first kappa shape index (κ1) is 9.46. The topological polar surface area (TPSA) is 29.3 Å². The van der Waals surface area contributed by atoms with E-state index in [9.17, 15) is 0 Å². The second-order valence-corrected chi connectivity index (χ2v) is 4.13. The molecule has 1 aliphatic heterocycles. The summed E-state index contributed by atoms with van der Waals surface area (Å²) in [7, 11) is 0. The maximum atomic E-state index is 4.84. The molecule has 1 aromatic carbocycles. The highest BCUT2D eigenvalue weighted by atomic mass is 16.5. The molecule has 0 aliphatic carbocycles. The maximum absolute atomic E-state index is 4.84. The van der Waals surface area contributed by atoms with Gasteiger partial charge in [-0.1, -0.05) is 17.3 Å². The van der Waals surface area contributed by atoms with Gasteiger partial charge in [-0.3, -0.25) is 0 Å². The summed E-state index contributed by atoms with van der Waals surface area (Å²) in [5, 5.41) is 3.93. The molecule has 0 saturated carbocycles. The van der Waals surface area contributed by atoms with Gasteiger partial charge in [0.25, 0.3) is 0 Å². The molecule has 82 valence electrons. The molecule has 2 heterocycles. The van der Waals surface area contributed by atoms with Crippen LogP contribution in [-0.2, 0) is 0 Å². The molecule has 0 radical (unpaired) electrons. The monoisotopic (exact) mass is 214 g/mol. The Morgan fingerprint density at radius 1 is 1.00 bits per heavy atom. The molecule has 0 spiro atoms. The standard InChI is InChI=1S/C13H14N2O/c1-2-9-15(8-1)12-5-3-11(4-6-12)13-7-10-16-14-13/h3-7,10H,1-2,8-9H2. The first-order valence-corrected chi connectivity index (χ1v) is 5.69. The highest BCUT2D eigenvalue weighted by molar-refractivity contribution is 5.62. The van der Waals surface area contributed by atoms with Crippen molar-refractivity contribution in [1.29, 1.82) is 0 Å². The molecule has 3 heteroatoms. The van der Waals surface area contributed by atoms with Crippen LogP contribution < -0.4 is 4.90 Å². The number of hydrogen-bond donors (Lipinski definition) is 0. The Hall–Kier alpha value is -1.77. The summed E-state index contributed by atoms with van der Waals surface area (Å²) in [6.45, 7) is 2.37. The van der Waals surface area contributed by atoms with Crippen LogP contribution in [0, 0.1) is 0 Å². The Kier molecular flexibility index (Phi) is 2.37. The van der Waals surface area contributed by atoms with E-state index in [2.05, 4.69) is 34.3 Å². The molecule has 2 aromatic rings. The molecular weight excluding hydrogens is 200 g/mol. The van der Waals surface area contributed by atoms with Gasteiger partial charge in [0.1, 0.15) is 12.0 Å². The van der Waals surface area contributed by atoms with Gasteiger partial charge in [0.15, 0.2) is 0 Å². The fourth-order valence-electron chi connectivity index (χ4n) is 2.18. The summed E-state index contributed by atoms with van der Waals surface area (Å²) < 4.78 is 4.84. The second kappa shape index (κ2) is 4.00. The molecule has 0 bridgehead atoms. The molecule has 1 aliphatic rings. The minimum Gasteiger partial charge on any atom is -0.372 e. The quantitative estimate of drug-likeness (QED) is 0.769. The fraction of sp³-hybridized carbons (Fsp3) is 0.308. The molecule has 0 atom stereocenters. The second-order valence-electron chi connectivity index (χ2n) is 4.13. The van der Waals surface area contributed by atoms with Gasteiger partial charge < -0.3 is 9.42 Å². The van der Waals surface area contributed by atoms with Crippen LogP contribution in [0.3, 0.4) is 0 Å². The minimum atomic E-state index is 0.896. The fourth-order valence-corrected chi connectivity index (χ4v) is 2.18. The lowest BCUT2D eigenvalue weighted by Crippen LogP contribution is -2.17. The summed E-state index contributed by atoms with van der Waals surface area (Å²) in [4.78, 5) is 2.42.